The number of benzene rings is 2. The fraction of sp³-hybridized carbons (Fsp3) is 0.286. The summed E-state index contributed by atoms with van der Waals surface area (Å²) in [7, 11) is 2.18. The van der Waals surface area contributed by atoms with Crippen LogP contribution in [0.3, 0.4) is 0 Å². The molecule has 0 spiro atoms. The van der Waals surface area contributed by atoms with E-state index in [2.05, 4.69) is 46.4 Å². The molecule has 2 aromatic carbocycles. The van der Waals surface area contributed by atoms with E-state index < -0.39 is 0 Å². The molecule has 0 atom stereocenters. The molecular formula is C21H25N3O. The minimum atomic E-state index is -0.0939. The molecule has 0 saturated carbocycles. The van der Waals surface area contributed by atoms with Crippen molar-refractivity contribution in [2.75, 3.05) is 33.2 Å². The molecule has 0 aliphatic carbocycles. The summed E-state index contributed by atoms with van der Waals surface area (Å²) in [5.41, 5.74) is 3.07. The van der Waals surface area contributed by atoms with Gasteiger partial charge in [-0.15, -0.1) is 0 Å². The molecule has 4 nitrogen and oxygen atoms in total. The van der Waals surface area contributed by atoms with Crippen molar-refractivity contribution >= 4 is 12.0 Å². The first-order chi connectivity index (χ1) is 12.2. The van der Waals surface area contributed by atoms with Gasteiger partial charge in [0.2, 0.25) is 0 Å². The van der Waals surface area contributed by atoms with Crippen molar-refractivity contribution in [2.24, 2.45) is 0 Å². The minimum absolute atomic E-state index is 0.0939. The van der Waals surface area contributed by atoms with Crippen LogP contribution in [0.25, 0.3) is 6.08 Å². The van der Waals surface area contributed by atoms with Gasteiger partial charge in [-0.3, -0.25) is 9.69 Å². The Morgan fingerprint density at radius 1 is 1.00 bits per heavy atom. The zero-order chi connectivity index (χ0) is 17.5. The molecule has 0 radical (unpaired) electrons. The van der Waals surface area contributed by atoms with Crippen LogP contribution in [0.1, 0.15) is 21.5 Å². The summed E-state index contributed by atoms with van der Waals surface area (Å²) in [4.78, 5) is 16.8. The molecule has 1 N–H and O–H groups in total. The molecule has 0 aromatic heterocycles. The lowest BCUT2D eigenvalue weighted by Gasteiger charge is -2.32. The zero-order valence-electron chi connectivity index (χ0n) is 14.7. The maximum Gasteiger partial charge on any atom is 0.255 e. The average Bonchev–Trinajstić information content (AvgIpc) is 2.66. The Hall–Kier alpha value is -2.43. The third kappa shape index (κ3) is 5.28. The molecule has 130 valence electrons. The predicted octanol–water partition coefficient (Wildman–Crippen LogP) is 2.83. The number of amides is 1. The summed E-state index contributed by atoms with van der Waals surface area (Å²) >= 11 is 0. The van der Waals surface area contributed by atoms with Gasteiger partial charge in [0.1, 0.15) is 0 Å². The van der Waals surface area contributed by atoms with Crippen LogP contribution in [0.5, 0.6) is 0 Å². The lowest BCUT2D eigenvalue weighted by molar-refractivity contribution is 0.0970. The van der Waals surface area contributed by atoms with Gasteiger partial charge in [-0.1, -0.05) is 42.5 Å². The highest BCUT2D eigenvalue weighted by molar-refractivity contribution is 5.95. The Morgan fingerprint density at radius 3 is 2.36 bits per heavy atom. The van der Waals surface area contributed by atoms with Crippen molar-refractivity contribution in [1.29, 1.82) is 0 Å². The van der Waals surface area contributed by atoms with Gasteiger partial charge in [0.25, 0.3) is 5.91 Å². The van der Waals surface area contributed by atoms with Crippen molar-refractivity contribution in [3.05, 3.63) is 77.5 Å². The Labute approximate surface area is 149 Å². The van der Waals surface area contributed by atoms with E-state index in [0.29, 0.717) is 5.56 Å². The Bertz CT molecular complexity index is 702. The van der Waals surface area contributed by atoms with Gasteiger partial charge >= 0.3 is 0 Å². The third-order valence-corrected chi connectivity index (χ3v) is 4.51. The summed E-state index contributed by atoms with van der Waals surface area (Å²) in [5.74, 6) is -0.0939. The molecule has 25 heavy (non-hydrogen) atoms. The number of carbonyl (C=O) groups is 1. The van der Waals surface area contributed by atoms with Crippen LogP contribution in [0, 0.1) is 0 Å². The number of nitrogens with zero attached hydrogens (tertiary/aromatic N) is 2. The van der Waals surface area contributed by atoms with Crippen molar-refractivity contribution < 1.29 is 4.79 Å². The lowest BCUT2D eigenvalue weighted by Crippen LogP contribution is -2.43. The van der Waals surface area contributed by atoms with Gasteiger partial charge in [-0.05, 0) is 36.4 Å². The quantitative estimate of drug-likeness (QED) is 0.913. The average molecular weight is 335 g/mol. The van der Waals surface area contributed by atoms with Gasteiger partial charge in [0.05, 0.1) is 0 Å². The van der Waals surface area contributed by atoms with Crippen LogP contribution in [0.4, 0.5) is 0 Å². The molecule has 0 unspecified atom stereocenters. The smallest absolute Gasteiger partial charge is 0.255 e. The number of carbonyl (C=O) groups excluding carboxylic acids is 1. The molecular weight excluding hydrogens is 310 g/mol. The molecule has 1 saturated heterocycles. The van der Waals surface area contributed by atoms with Crippen LogP contribution >= 0.6 is 0 Å². The van der Waals surface area contributed by atoms with E-state index in [1.165, 1.54) is 5.56 Å². The topological polar surface area (TPSA) is 35.6 Å². The molecule has 2 aromatic rings. The summed E-state index contributed by atoms with van der Waals surface area (Å²) < 4.78 is 0. The van der Waals surface area contributed by atoms with Gasteiger partial charge in [-0.25, -0.2) is 0 Å². The third-order valence-electron chi connectivity index (χ3n) is 4.51. The predicted molar refractivity (Wildman–Crippen MR) is 102 cm³/mol. The van der Waals surface area contributed by atoms with E-state index in [0.717, 1.165) is 38.3 Å². The monoisotopic (exact) mass is 335 g/mol. The standard InChI is InChI=1S/C21H25N3O/c1-23-13-15-24(16-14-23)17-19-9-7-18(8-10-19)11-12-22-21(25)20-5-3-2-4-6-20/h2-12H,13-17H2,1H3,(H,22,25)/b12-11+. The van der Waals surface area contributed by atoms with Crippen LogP contribution in [0.2, 0.25) is 0 Å². The second kappa shape index (κ2) is 8.60. The highest BCUT2D eigenvalue weighted by Gasteiger charge is 2.13. The SMILES string of the molecule is CN1CCN(Cc2ccc(/C=C/NC(=O)c3ccccc3)cc2)CC1. The minimum Gasteiger partial charge on any atom is -0.329 e. The first-order valence-electron chi connectivity index (χ1n) is 8.73. The highest BCUT2D eigenvalue weighted by atomic mass is 16.1. The van der Waals surface area contributed by atoms with E-state index in [1.807, 2.05) is 24.3 Å². The van der Waals surface area contributed by atoms with Crippen molar-refractivity contribution in [1.82, 2.24) is 15.1 Å². The van der Waals surface area contributed by atoms with Crippen LogP contribution in [-0.2, 0) is 6.54 Å². The first-order valence-corrected chi connectivity index (χ1v) is 8.73. The summed E-state index contributed by atoms with van der Waals surface area (Å²) in [5, 5.41) is 2.80. The molecule has 1 heterocycles. The van der Waals surface area contributed by atoms with Crippen molar-refractivity contribution in [2.45, 2.75) is 6.54 Å². The molecule has 0 bridgehead atoms. The Morgan fingerprint density at radius 2 is 1.68 bits per heavy atom. The van der Waals surface area contributed by atoms with Crippen LogP contribution in [0.15, 0.2) is 60.8 Å². The maximum atomic E-state index is 12.0. The largest absolute Gasteiger partial charge is 0.329 e. The molecule has 3 rings (SSSR count). The van der Waals surface area contributed by atoms with Gasteiger partial charge in [0, 0.05) is 44.5 Å². The molecule has 1 fully saturated rings. The van der Waals surface area contributed by atoms with Crippen LogP contribution in [-0.4, -0.2) is 48.9 Å². The Kier molecular flexibility index (Phi) is 5.99. The van der Waals surface area contributed by atoms with Crippen molar-refractivity contribution in [3.8, 4) is 0 Å². The zero-order valence-corrected chi connectivity index (χ0v) is 14.7. The summed E-state index contributed by atoms with van der Waals surface area (Å²) in [6.07, 6.45) is 3.62. The molecule has 4 heteroatoms. The lowest BCUT2D eigenvalue weighted by atomic mass is 10.1. The fourth-order valence-electron chi connectivity index (χ4n) is 2.88. The number of hydrogen-bond donors (Lipinski definition) is 1. The number of likely N-dealkylation sites (N-methyl/N-ethyl adjacent to an activating group) is 1. The summed E-state index contributed by atoms with van der Waals surface area (Å²) in [6.45, 7) is 5.54. The number of rotatable bonds is 5. The van der Waals surface area contributed by atoms with Crippen LogP contribution < -0.4 is 5.32 Å². The van der Waals surface area contributed by atoms with Gasteiger partial charge < -0.3 is 10.2 Å². The van der Waals surface area contributed by atoms with Crippen molar-refractivity contribution in [3.63, 3.8) is 0 Å². The fourth-order valence-corrected chi connectivity index (χ4v) is 2.88. The molecule has 1 aliphatic rings. The second-order valence-corrected chi connectivity index (χ2v) is 6.49. The van der Waals surface area contributed by atoms with E-state index >= 15 is 0 Å². The second-order valence-electron chi connectivity index (χ2n) is 6.49. The maximum absolute atomic E-state index is 12.0. The molecule has 1 aliphatic heterocycles. The van der Waals surface area contributed by atoms with Gasteiger partial charge in [0.15, 0.2) is 0 Å². The number of hydrogen-bond acceptors (Lipinski definition) is 3. The molecule has 1 amide bonds. The van der Waals surface area contributed by atoms with E-state index in [9.17, 15) is 4.79 Å². The van der Waals surface area contributed by atoms with E-state index in [-0.39, 0.29) is 5.91 Å². The number of piperazine rings is 1. The Balaban J connectivity index is 1.49. The van der Waals surface area contributed by atoms with Gasteiger partial charge in [-0.2, -0.15) is 0 Å². The normalized spacial score (nSPS) is 16.2. The summed E-state index contributed by atoms with van der Waals surface area (Å²) in [6, 6.07) is 17.7. The highest BCUT2D eigenvalue weighted by Crippen LogP contribution is 2.10. The van der Waals surface area contributed by atoms with E-state index in [4.69, 9.17) is 0 Å². The number of nitrogens with one attached hydrogen (secondary N) is 1. The van der Waals surface area contributed by atoms with E-state index in [1.54, 1.807) is 18.3 Å². The first kappa shape index (κ1) is 17.4.